The highest BCUT2D eigenvalue weighted by Crippen LogP contribution is 2.44. The summed E-state index contributed by atoms with van der Waals surface area (Å²) in [6.45, 7) is 8.89. The van der Waals surface area contributed by atoms with E-state index in [-0.39, 0.29) is 5.60 Å². The van der Waals surface area contributed by atoms with Crippen molar-refractivity contribution in [3.8, 4) is 11.5 Å². The van der Waals surface area contributed by atoms with Crippen molar-refractivity contribution >= 4 is 0 Å². The molecule has 0 unspecified atom stereocenters. The fraction of sp³-hybridized carbons (Fsp3) is 0.529. The highest BCUT2D eigenvalue weighted by molar-refractivity contribution is 5.48. The van der Waals surface area contributed by atoms with Crippen LogP contribution >= 0.6 is 0 Å². The molecule has 23 heavy (non-hydrogen) atoms. The molecule has 6 heteroatoms. The molecule has 0 bridgehead atoms. The largest absolute Gasteiger partial charge is 0.487 e. The van der Waals surface area contributed by atoms with Crippen LogP contribution < -0.4 is 9.47 Å². The molecular formula is C17H23N3O3. The summed E-state index contributed by atoms with van der Waals surface area (Å²) in [5, 5.41) is 19.2. The van der Waals surface area contributed by atoms with Gasteiger partial charge in [0.05, 0.1) is 23.9 Å². The average molecular weight is 317 g/mol. The lowest BCUT2D eigenvalue weighted by Gasteiger charge is -2.36. The number of hydrogen-bond acceptors (Lipinski definition) is 5. The Kier molecular flexibility index (Phi) is 4.02. The van der Waals surface area contributed by atoms with E-state index in [1.165, 1.54) is 0 Å². The molecule has 1 aromatic heterocycles. The summed E-state index contributed by atoms with van der Waals surface area (Å²) in [6.07, 6.45) is -0.0665. The van der Waals surface area contributed by atoms with Crippen molar-refractivity contribution in [1.29, 1.82) is 0 Å². The van der Waals surface area contributed by atoms with Crippen molar-refractivity contribution in [1.82, 2.24) is 15.0 Å². The number of aromatic nitrogens is 3. The van der Waals surface area contributed by atoms with Gasteiger partial charge in [-0.05, 0) is 39.8 Å². The van der Waals surface area contributed by atoms with Gasteiger partial charge in [0.2, 0.25) is 0 Å². The first-order chi connectivity index (χ1) is 10.9. The maximum atomic E-state index is 10.5. The van der Waals surface area contributed by atoms with E-state index in [9.17, 15) is 5.11 Å². The number of hydrogen-bond donors (Lipinski definition) is 1. The molecule has 1 aliphatic heterocycles. The van der Waals surface area contributed by atoms with Crippen LogP contribution in [0.5, 0.6) is 11.5 Å². The molecule has 6 nitrogen and oxygen atoms in total. The zero-order chi connectivity index (χ0) is 16.6. The second-order valence-corrected chi connectivity index (χ2v) is 6.46. The Labute approximate surface area is 136 Å². The standard InChI is InChI=1S/C17H23N3O3/c1-5-20-18-11(2)12(19-20)10-22-14-7-6-8-15-16(14)13(21)9-17(3,4)23-15/h6-8,13,21H,5,9-10H2,1-4H3/t13-/m0/s1. The van der Waals surface area contributed by atoms with Gasteiger partial charge < -0.3 is 14.6 Å². The van der Waals surface area contributed by atoms with Crippen molar-refractivity contribution in [2.24, 2.45) is 0 Å². The number of rotatable bonds is 4. The van der Waals surface area contributed by atoms with Crippen molar-refractivity contribution in [2.75, 3.05) is 0 Å². The Morgan fingerprint density at radius 3 is 2.87 bits per heavy atom. The van der Waals surface area contributed by atoms with Crippen molar-refractivity contribution in [2.45, 2.75) is 59.0 Å². The minimum Gasteiger partial charge on any atom is -0.487 e. The topological polar surface area (TPSA) is 69.4 Å². The molecule has 1 aliphatic rings. The average Bonchev–Trinajstić information content (AvgIpc) is 2.83. The highest BCUT2D eigenvalue weighted by Gasteiger charge is 2.34. The fourth-order valence-electron chi connectivity index (χ4n) is 2.86. The molecule has 2 heterocycles. The van der Waals surface area contributed by atoms with E-state index >= 15 is 0 Å². The van der Waals surface area contributed by atoms with Crippen LogP contribution in [0.4, 0.5) is 0 Å². The molecule has 3 rings (SSSR count). The quantitative estimate of drug-likeness (QED) is 0.939. The van der Waals surface area contributed by atoms with Crippen LogP contribution in [0.25, 0.3) is 0 Å². The van der Waals surface area contributed by atoms with Gasteiger partial charge in [-0.2, -0.15) is 15.0 Å². The maximum absolute atomic E-state index is 10.5. The summed E-state index contributed by atoms with van der Waals surface area (Å²) in [6, 6.07) is 5.59. The van der Waals surface area contributed by atoms with E-state index in [0.717, 1.165) is 17.9 Å². The monoisotopic (exact) mass is 317 g/mol. The molecule has 1 atom stereocenters. The van der Waals surface area contributed by atoms with Gasteiger partial charge in [-0.1, -0.05) is 6.07 Å². The van der Waals surface area contributed by atoms with E-state index in [4.69, 9.17) is 9.47 Å². The first-order valence-electron chi connectivity index (χ1n) is 7.93. The number of aryl methyl sites for hydroxylation is 2. The second-order valence-electron chi connectivity index (χ2n) is 6.46. The zero-order valence-corrected chi connectivity index (χ0v) is 14.0. The van der Waals surface area contributed by atoms with Gasteiger partial charge in [0.25, 0.3) is 0 Å². The second kappa shape index (κ2) is 5.85. The number of fused-ring (bicyclic) bond motifs is 1. The molecule has 0 aliphatic carbocycles. The lowest BCUT2D eigenvalue weighted by Crippen LogP contribution is -2.35. The van der Waals surface area contributed by atoms with Crippen LogP contribution in [0.3, 0.4) is 0 Å². The third-order valence-corrected chi connectivity index (χ3v) is 4.00. The van der Waals surface area contributed by atoms with Gasteiger partial charge in [0.1, 0.15) is 29.4 Å². The molecule has 0 saturated heterocycles. The van der Waals surface area contributed by atoms with E-state index in [2.05, 4.69) is 10.2 Å². The predicted molar refractivity (Wildman–Crippen MR) is 85.5 cm³/mol. The fourth-order valence-corrected chi connectivity index (χ4v) is 2.86. The third kappa shape index (κ3) is 3.17. The smallest absolute Gasteiger partial charge is 0.134 e. The van der Waals surface area contributed by atoms with Gasteiger partial charge in [0, 0.05) is 6.42 Å². The van der Waals surface area contributed by atoms with Crippen LogP contribution in [-0.2, 0) is 13.2 Å². The van der Waals surface area contributed by atoms with Gasteiger partial charge in [-0.15, -0.1) is 0 Å². The van der Waals surface area contributed by atoms with Crippen LogP contribution in [0.15, 0.2) is 18.2 Å². The molecule has 0 amide bonds. The Morgan fingerprint density at radius 1 is 1.39 bits per heavy atom. The third-order valence-electron chi connectivity index (χ3n) is 4.00. The first kappa shape index (κ1) is 15.8. The van der Waals surface area contributed by atoms with E-state index in [0.29, 0.717) is 30.1 Å². The van der Waals surface area contributed by atoms with Crippen LogP contribution in [0.2, 0.25) is 0 Å². The van der Waals surface area contributed by atoms with E-state index in [1.807, 2.05) is 45.9 Å². The van der Waals surface area contributed by atoms with Gasteiger partial charge in [-0.25, -0.2) is 0 Å². The Morgan fingerprint density at radius 2 is 2.17 bits per heavy atom. The number of aliphatic hydroxyl groups excluding tert-OH is 1. The van der Waals surface area contributed by atoms with Crippen molar-refractivity contribution in [3.63, 3.8) is 0 Å². The number of aliphatic hydroxyl groups is 1. The van der Waals surface area contributed by atoms with E-state index < -0.39 is 6.10 Å². The van der Waals surface area contributed by atoms with Gasteiger partial charge in [-0.3, -0.25) is 0 Å². The molecule has 0 radical (unpaired) electrons. The molecule has 1 N–H and O–H groups in total. The summed E-state index contributed by atoms with van der Waals surface area (Å²) in [7, 11) is 0. The summed E-state index contributed by atoms with van der Waals surface area (Å²) < 4.78 is 11.9. The Bertz CT molecular complexity index is 709. The lowest BCUT2D eigenvalue weighted by atomic mass is 9.91. The Hall–Kier alpha value is -2.08. The first-order valence-corrected chi connectivity index (χ1v) is 7.93. The van der Waals surface area contributed by atoms with Crippen LogP contribution in [0.1, 0.15) is 50.2 Å². The SMILES string of the molecule is CCn1nc(C)c(COc2cccc3c2[C@@H](O)CC(C)(C)O3)n1. The minimum atomic E-state index is -0.600. The van der Waals surface area contributed by atoms with Crippen molar-refractivity contribution in [3.05, 3.63) is 35.2 Å². The highest BCUT2D eigenvalue weighted by atomic mass is 16.5. The summed E-state index contributed by atoms with van der Waals surface area (Å²) >= 11 is 0. The Balaban J connectivity index is 1.83. The number of benzene rings is 1. The molecule has 0 saturated carbocycles. The molecule has 124 valence electrons. The number of ether oxygens (including phenoxy) is 2. The lowest BCUT2D eigenvalue weighted by molar-refractivity contribution is 0.00947. The minimum absolute atomic E-state index is 0.318. The molecule has 0 spiro atoms. The molecule has 0 fully saturated rings. The van der Waals surface area contributed by atoms with E-state index in [1.54, 1.807) is 4.80 Å². The summed E-state index contributed by atoms with van der Waals surface area (Å²) in [4.78, 5) is 1.65. The molecule has 2 aromatic rings. The molecular weight excluding hydrogens is 294 g/mol. The van der Waals surface area contributed by atoms with Gasteiger partial charge in [0.15, 0.2) is 0 Å². The van der Waals surface area contributed by atoms with Gasteiger partial charge >= 0.3 is 0 Å². The number of nitrogens with zero attached hydrogens (tertiary/aromatic N) is 3. The summed E-state index contributed by atoms with van der Waals surface area (Å²) in [5.74, 6) is 1.32. The zero-order valence-electron chi connectivity index (χ0n) is 14.0. The van der Waals surface area contributed by atoms with Crippen molar-refractivity contribution < 1.29 is 14.6 Å². The maximum Gasteiger partial charge on any atom is 0.134 e. The molecule has 1 aromatic carbocycles. The predicted octanol–water partition coefficient (Wildman–Crippen LogP) is 2.78. The van der Waals surface area contributed by atoms with Crippen LogP contribution in [-0.4, -0.2) is 25.7 Å². The normalized spacial score (nSPS) is 19.1. The summed E-state index contributed by atoms with van der Waals surface area (Å²) in [5.41, 5.74) is 1.99. The van der Waals surface area contributed by atoms with Crippen LogP contribution in [0, 0.1) is 6.92 Å².